The largest absolute Gasteiger partial charge is 0.504 e. The Balaban J connectivity index is 2.41. The fourth-order valence-electron chi connectivity index (χ4n) is 1.82. The first kappa shape index (κ1) is 13.0. The number of aromatic hydroxyl groups is 1. The highest BCUT2D eigenvalue weighted by molar-refractivity contribution is 5.95. The molecule has 2 rings (SSSR count). The van der Waals surface area contributed by atoms with Crippen LogP contribution in [0, 0.1) is 0 Å². The minimum atomic E-state index is -0.165. The lowest BCUT2D eigenvalue weighted by molar-refractivity contribution is -0.115. The Morgan fingerprint density at radius 3 is 2.53 bits per heavy atom. The molecule has 0 atom stereocenters. The van der Waals surface area contributed by atoms with Gasteiger partial charge in [0.05, 0.1) is 11.4 Å². The quantitative estimate of drug-likeness (QED) is 0.583. The van der Waals surface area contributed by atoms with Gasteiger partial charge in [-0.25, -0.2) is 0 Å². The van der Waals surface area contributed by atoms with Gasteiger partial charge in [-0.1, -0.05) is 37.3 Å². The number of nitrogens with one attached hydrogen (secondary N) is 1. The monoisotopic (exact) mass is 256 g/mol. The minimum absolute atomic E-state index is 0.0943. The van der Waals surface area contributed by atoms with Gasteiger partial charge in [0.15, 0.2) is 5.75 Å². The third kappa shape index (κ3) is 2.68. The zero-order valence-electron chi connectivity index (χ0n) is 10.7. The van der Waals surface area contributed by atoms with Gasteiger partial charge in [-0.3, -0.25) is 4.79 Å². The fourth-order valence-corrected chi connectivity index (χ4v) is 1.82. The number of hydrogen-bond acceptors (Lipinski definition) is 3. The van der Waals surface area contributed by atoms with Gasteiger partial charge >= 0.3 is 0 Å². The van der Waals surface area contributed by atoms with E-state index in [0.717, 1.165) is 11.1 Å². The molecular formula is C15H16N2O2. The van der Waals surface area contributed by atoms with Crippen LogP contribution < -0.4 is 11.1 Å². The lowest BCUT2D eigenvalue weighted by atomic mass is 10.0. The Morgan fingerprint density at radius 1 is 1.21 bits per heavy atom. The Kier molecular flexibility index (Phi) is 3.71. The predicted octanol–water partition coefficient (Wildman–Crippen LogP) is 2.99. The van der Waals surface area contributed by atoms with Crippen molar-refractivity contribution in [2.45, 2.75) is 13.3 Å². The Hall–Kier alpha value is -2.49. The average molecular weight is 256 g/mol. The molecule has 0 spiro atoms. The number of benzene rings is 2. The Labute approximate surface area is 111 Å². The van der Waals surface area contributed by atoms with Gasteiger partial charge < -0.3 is 16.2 Å². The molecule has 2 aromatic carbocycles. The summed E-state index contributed by atoms with van der Waals surface area (Å²) in [4.78, 5) is 11.3. The zero-order valence-corrected chi connectivity index (χ0v) is 10.7. The number of phenols is 1. The number of rotatable bonds is 3. The van der Waals surface area contributed by atoms with E-state index in [1.807, 2.05) is 30.3 Å². The molecule has 4 heteroatoms. The van der Waals surface area contributed by atoms with Crippen LogP contribution in [0.4, 0.5) is 11.4 Å². The molecular weight excluding hydrogens is 240 g/mol. The van der Waals surface area contributed by atoms with Crippen molar-refractivity contribution in [1.82, 2.24) is 0 Å². The van der Waals surface area contributed by atoms with Gasteiger partial charge in [0.2, 0.25) is 5.91 Å². The summed E-state index contributed by atoms with van der Waals surface area (Å²) < 4.78 is 0. The smallest absolute Gasteiger partial charge is 0.224 e. The van der Waals surface area contributed by atoms with E-state index in [0.29, 0.717) is 12.1 Å². The zero-order chi connectivity index (χ0) is 13.8. The van der Waals surface area contributed by atoms with E-state index in [2.05, 4.69) is 5.32 Å². The first-order valence-electron chi connectivity index (χ1n) is 6.10. The van der Waals surface area contributed by atoms with Gasteiger partial charge in [-0.05, 0) is 17.7 Å². The molecule has 0 aromatic heterocycles. The van der Waals surface area contributed by atoms with Gasteiger partial charge in [-0.15, -0.1) is 0 Å². The molecule has 0 aliphatic rings. The molecule has 4 N–H and O–H groups in total. The van der Waals surface area contributed by atoms with Crippen LogP contribution in [0.5, 0.6) is 5.75 Å². The summed E-state index contributed by atoms with van der Waals surface area (Å²) in [7, 11) is 0. The third-order valence-electron chi connectivity index (χ3n) is 2.90. The molecule has 4 nitrogen and oxygen atoms in total. The van der Waals surface area contributed by atoms with E-state index >= 15 is 0 Å². The Bertz CT molecular complexity index is 595. The summed E-state index contributed by atoms with van der Waals surface area (Å²) in [6.07, 6.45) is 0.347. The molecule has 0 fully saturated rings. The van der Waals surface area contributed by atoms with E-state index in [1.54, 1.807) is 19.1 Å². The number of nitrogens with two attached hydrogens (primary N) is 1. The molecule has 0 radical (unpaired) electrons. The highest BCUT2D eigenvalue weighted by atomic mass is 16.3. The molecule has 2 aromatic rings. The molecule has 0 unspecified atom stereocenters. The van der Waals surface area contributed by atoms with E-state index < -0.39 is 0 Å². The number of nitrogen functional groups attached to an aromatic ring is 1. The first-order valence-corrected chi connectivity index (χ1v) is 6.10. The standard InChI is InChI=1S/C15H16N2O2/c1-2-13(18)17-12-9-8-11(14(16)15(12)19)10-6-4-3-5-7-10/h3-9,19H,2,16H2,1H3,(H,17,18). The van der Waals surface area contributed by atoms with E-state index in [1.165, 1.54) is 0 Å². The molecule has 0 saturated heterocycles. The lowest BCUT2D eigenvalue weighted by Gasteiger charge is -2.12. The molecule has 1 amide bonds. The van der Waals surface area contributed by atoms with Gasteiger partial charge in [0, 0.05) is 12.0 Å². The van der Waals surface area contributed by atoms with E-state index in [9.17, 15) is 9.90 Å². The number of amides is 1. The van der Waals surface area contributed by atoms with E-state index in [4.69, 9.17) is 5.73 Å². The molecule has 0 heterocycles. The van der Waals surface area contributed by atoms with Gasteiger partial charge in [0.25, 0.3) is 0 Å². The second kappa shape index (κ2) is 5.44. The van der Waals surface area contributed by atoms with Crippen molar-refractivity contribution in [3.8, 4) is 16.9 Å². The molecule has 98 valence electrons. The number of carbonyl (C=O) groups excluding carboxylic acids is 1. The van der Waals surface area contributed by atoms with Crippen LogP contribution in [0.1, 0.15) is 13.3 Å². The second-order valence-corrected chi connectivity index (χ2v) is 4.19. The van der Waals surface area contributed by atoms with Crippen molar-refractivity contribution in [3.05, 3.63) is 42.5 Å². The maximum Gasteiger partial charge on any atom is 0.224 e. The van der Waals surface area contributed by atoms with Crippen molar-refractivity contribution in [2.24, 2.45) is 0 Å². The summed E-state index contributed by atoms with van der Waals surface area (Å²) in [6.45, 7) is 1.74. The Morgan fingerprint density at radius 2 is 1.89 bits per heavy atom. The van der Waals surface area contributed by atoms with Crippen molar-refractivity contribution in [2.75, 3.05) is 11.1 Å². The summed E-state index contributed by atoms with van der Waals surface area (Å²) >= 11 is 0. The highest BCUT2D eigenvalue weighted by Gasteiger charge is 2.12. The van der Waals surface area contributed by atoms with Crippen LogP contribution in [0.2, 0.25) is 0 Å². The van der Waals surface area contributed by atoms with Crippen molar-refractivity contribution >= 4 is 17.3 Å². The fraction of sp³-hybridized carbons (Fsp3) is 0.133. The van der Waals surface area contributed by atoms with Crippen LogP contribution >= 0.6 is 0 Å². The maximum atomic E-state index is 11.3. The van der Waals surface area contributed by atoms with Gasteiger partial charge in [0.1, 0.15) is 0 Å². The normalized spacial score (nSPS) is 10.2. The second-order valence-electron chi connectivity index (χ2n) is 4.19. The number of hydrogen-bond donors (Lipinski definition) is 3. The molecule has 0 saturated carbocycles. The number of phenolic OH excluding ortho intramolecular Hbond substituents is 1. The van der Waals surface area contributed by atoms with Crippen LogP contribution in [-0.2, 0) is 4.79 Å². The number of carbonyl (C=O) groups is 1. The van der Waals surface area contributed by atoms with Crippen LogP contribution in [0.15, 0.2) is 42.5 Å². The van der Waals surface area contributed by atoms with Gasteiger partial charge in [-0.2, -0.15) is 0 Å². The summed E-state index contributed by atoms with van der Waals surface area (Å²) in [5.41, 5.74) is 8.20. The predicted molar refractivity (Wildman–Crippen MR) is 76.9 cm³/mol. The van der Waals surface area contributed by atoms with Crippen molar-refractivity contribution < 1.29 is 9.90 Å². The van der Waals surface area contributed by atoms with Crippen molar-refractivity contribution in [1.29, 1.82) is 0 Å². The van der Waals surface area contributed by atoms with E-state index in [-0.39, 0.29) is 17.3 Å². The summed E-state index contributed by atoms with van der Waals surface area (Å²) in [5.74, 6) is -0.259. The topological polar surface area (TPSA) is 75.4 Å². The first-order chi connectivity index (χ1) is 9.13. The van der Waals surface area contributed by atoms with Crippen LogP contribution in [-0.4, -0.2) is 11.0 Å². The third-order valence-corrected chi connectivity index (χ3v) is 2.90. The van der Waals surface area contributed by atoms with Crippen LogP contribution in [0.3, 0.4) is 0 Å². The highest BCUT2D eigenvalue weighted by Crippen LogP contribution is 2.38. The molecule has 0 bridgehead atoms. The number of anilines is 2. The maximum absolute atomic E-state index is 11.3. The molecule has 19 heavy (non-hydrogen) atoms. The average Bonchev–Trinajstić information content (AvgIpc) is 2.45. The van der Waals surface area contributed by atoms with Crippen molar-refractivity contribution in [3.63, 3.8) is 0 Å². The van der Waals surface area contributed by atoms with Crippen LogP contribution in [0.25, 0.3) is 11.1 Å². The molecule has 0 aliphatic heterocycles. The SMILES string of the molecule is CCC(=O)Nc1ccc(-c2ccccc2)c(N)c1O. The minimum Gasteiger partial charge on any atom is -0.504 e. The lowest BCUT2D eigenvalue weighted by Crippen LogP contribution is -2.10. The summed E-state index contributed by atoms with van der Waals surface area (Å²) in [5, 5.41) is 12.7. The summed E-state index contributed by atoms with van der Waals surface area (Å²) in [6, 6.07) is 13.0. The molecule has 0 aliphatic carbocycles.